The number of fused-ring (bicyclic) bond motifs is 3. The van der Waals surface area contributed by atoms with Crippen LogP contribution in [-0.2, 0) is 38.5 Å². The number of allylic oxidation sites excluding steroid dienone is 4. The molecule has 0 saturated heterocycles. The Morgan fingerprint density at radius 1 is 0.756 bits per heavy atom. The van der Waals surface area contributed by atoms with Gasteiger partial charge in [0.25, 0.3) is 0 Å². The zero-order valence-corrected chi connectivity index (χ0v) is 33.8. The van der Waals surface area contributed by atoms with Gasteiger partial charge < -0.3 is 24.8 Å². The van der Waals surface area contributed by atoms with Gasteiger partial charge in [-0.1, -0.05) is 0 Å². The van der Waals surface area contributed by atoms with Crippen LogP contribution in [-0.4, -0.2) is 3.71 Å². The molecule has 0 saturated carbocycles. The van der Waals surface area contributed by atoms with Gasteiger partial charge >= 0.3 is 272 Å². The van der Waals surface area contributed by atoms with E-state index >= 15 is 0 Å². The Labute approximate surface area is 295 Å². The maximum absolute atomic E-state index is 2.81. The minimum absolute atomic E-state index is 0. The zero-order chi connectivity index (χ0) is 31.5. The van der Waals surface area contributed by atoms with Crippen LogP contribution in [0.5, 0.6) is 0 Å². The molecular weight excluding hydrogens is 667 g/mol. The number of rotatable bonds is 5. The van der Waals surface area contributed by atoms with Crippen molar-refractivity contribution in [2.24, 2.45) is 11.3 Å². The second-order valence-electron chi connectivity index (χ2n) is 16.1. The molecule has 45 heavy (non-hydrogen) atoms. The summed E-state index contributed by atoms with van der Waals surface area (Å²) in [6.07, 6.45) is 6.04. The van der Waals surface area contributed by atoms with E-state index in [1.165, 1.54) is 39.8 Å². The first kappa shape index (κ1) is 37.9. The topological polar surface area (TPSA) is 0 Å². The minimum atomic E-state index is -2.65. The largest absolute Gasteiger partial charge is 1.00 e. The van der Waals surface area contributed by atoms with E-state index in [9.17, 15) is 0 Å². The molecule has 0 amide bonds. The molecule has 0 N–H and O–H groups in total. The fourth-order valence-electron chi connectivity index (χ4n) is 7.31. The van der Waals surface area contributed by atoms with Crippen molar-refractivity contribution in [1.29, 1.82) is 0 Å². The molecular formula is C42H54Cl2Zr. The van der Waals surface area contributed by atoms with Gasteiger partial charge in [-0.15, -0.1) is 0 Å². The van der Waals surface area contributed by atoms with E-state index in [1.54, 1.807) is 25.5 Å². The molecule has 5 rings (SSSR count). The SMILES string of the molecule is CCC1=[C](/[Zr+2](=[CH]/c2ccc(C)cc2)[c]2c(C(C)(C)C)ccc3c2Cc2cc(C(C)(C)C)ccc2-3)C(CC)C=C1C(C)(C)C.[Cl-].[Cl-]. The number of aryl methyl sites for hydroxylation is 1. The van der Waals surface area contributed by atoms with E-state index in [0.29, 0.717) is 5.92 Å². The Morgan fingerprint density at radius 3 is 1.91 bits per heavy atom. The molecule has 0 aromatic heterocycles. The Balaban J connectivity index is 0.00000276. The van der Waals surface area contributed by atoms with Gasteiger partial charge in [0.2, 0.25) is 0 Å². The van der Waals surface area contributed by atoms with Crippen molar-refractivity contribution in [2.45, 2.75) is 113 Å². The average Bonchev–Trinajstić information content (AvgIpc) is 3.49. The summed E-state index contributed by atoms with van der Waals surface area (Å²) in [4.78, 5) is 0. The van der Waals surface area contributed by atoms with Crippen LogP contribution in [0.25, 0.3) is 11.1 Å². The van der Waals surface area contributed by atoms with E-state index < -0.39 is 21.3 Å². The monoisotopic (exact) mass is 718 g/mol. The molecule has 0 nitrogen and oxygen atoms in total. The summed E-state index contributed by atoms with van der Waals surface area (Å²) < 4.78 is 6.40. The van der Waals surface area contributed by atoms with E-state index in [2.05, 4.69) is 147 Å². The maximum Gasteiger partial charge on any atom is -1.00 e. The van der Waals surface area contributed by atoms with Gasteiger partial charge in [-0.3, -0.25) is 0 Å². The standard InChI is InChI=1S/C21H25.C13H21.C8H8.2ClH.Zr/c1-20(2,3)16-7-9-18-14(12-16)11-15-13-17(21(4,5)6)8-10-19(15)18;1-6-10-8-11(7-2)12(9-10)13(3,4)5;1-7-3-5-8(2)6-4-7;;;/h7-10,12H,11H2,1-6H3;9-10H,6-7H2,1-5H3;1,3-6H,2H3;2*1H;/q;;;;;+2/p-2. The van der Waals surface area contributed by atoms with Gasteiger partial charge in [-0.25, -0.2) is 0 Å². The van der Waals surface area contributed by atoms with Crippen molar-refractivity contribution in [3.05, 3.63) is 108 Å². The first-order valence-corrected chi connectivity index (χ1v) is 20.5. The average molecular weight is 721 g/mol. The second kappa shape index (κ2) is 13.9. The molecule has 2 aliphatic carbocycles. The molecule has 0 radical (unpaired) electrons. The van der Waals surface area contributed by atoms with Gasteiger partial charge in [0, 0.05) is 0 Å². The van der Waals surface area contributed by atoms with Crippen LogP contribution in [0.1, 0.15) is 122 Å². The molecule has 0 aliphatic heterocycles. The Kier molecular flexibility index (Phi) is 11.7. The van der Waals surface area contributed by atoms with Crippen molar-refractivity contribution >= 4 is 6.98 Å². The number of hydrogen-bond donors (Lipinski definition) is 0. The summed E-state index contributed by atoms with van der Waals surface area (Å²) in [6, 6.07) is 21.7. The Hall–Kier alpha value is -1.53. The van der Waals surface area contributed by atoms with Crippen LogP contribution < -0.4 is 28.1 Å². The van der Waals surface area contributed by atoms with Crippen LogP contribution in [0.4, 0.5) is 0 Å². The van der Waals surface area contributed by atoms with Crippen LogP contribution in [0.15, 0.2) is 75.1 Å². The molecule has 3 heteroatoms. The number of halogens is 2. The molecule has 0 fully saturated rings. The van der Waals surface area contributed by atoms with E-state index in [1.807, 2.05) is 3.28 Å². The van der Waals surface area contributed by atoms with Crippen molar-refractivity contribution in [1.82, 2.24) is 0 Å². The van der Waals surface area contributed by atoms with Crippen LogP contribution in [0.2, 0.25) is 0 Å². The molecule has 0 bridgehead atoms. The molecule has 0 heterocycles. The fourth-order valence-corrected chi connectivity index (χ4v) is 16.4. The van der Waals surface area contributed by atoms with Crippen LogP contribution >= 0.6 is 0 Å². The molecule has 0 spiro atoms. The van der Waals surface area contributed by atoms with Gasteiger partial charge in [0.05, 0.1) is 0 Å². The third-order valence-corrected chi connectivity index (χ3v) is 17.0. The number of benzene rings is 3. The van der Waals surface area contributed by atoms with Crippen molar-refractivity contribution in [2.75, 3.05) is 0 Å². The first-order chi connectivity index (χ1) is 20.0. The van der Waals surface area contributed by atoms with E-state index in [-0.39, 0.29) is 41.1 Å². The summed E-state index contributed by atoms with van der Waals surface area (Å²) in [6.45, 7) is 28.6. The fraction of sp³-hybridized carbons (Fsp3) is 0.452. The third kappa shape index (κ3) is 7.48. The quantitative estimate of drug-likeness (QED) is 0.274. The summed E-state index contributed by atoms with van der Waals surface area (Å²) in [5.41, 5.74) is 15.5. The molecule has 3 aromatic rings. The molecule has 1 unspecified atom stereocenters. The third-order valence-electron chi connectivity index (χ3n) is 9.69. The van der Waals surface area contributed by atoms with Crippen LogP contribution in [0.3, 0.4) is 0 Å². The molecule has 1 atom stereocenters. The summed E-state index contributed by atoms with van der Waals surface area (Å²) >= 11 is -2.65. The van der Waals surface area contributed by atoms with Gasteiger partial charge in [-0.2, -0.15) is 0 Å². The normalized spacial score (nSPS) is 16.2. The molecule has 3 aromatic carbocycles. The Bertz CT molecular complexity index is 1640. The molecule has 240 valence electrons. The predicted octanol–water partition coefficient (Wildman–Crippen LogP) is 4.94. The van der Waals surface area contributed by atoms with Crippen molar-refractivity contribution < 1.29 is 46.1 Å². The number of hydrogen-bond acceptors (Lipinski definition) is 0. The van der Waals surface area contributed by atoms with E-state index in [4.69, 9.17) is 0 Å². The summed E-state index contributed by atoms with van der Waals surface area (Å²) in [7, 11) is 0. The van der Waals surface area contributed by atoms with Gasteiger partial charge in [0.1, 0.15) is 0 Å². The molecule has 2 aliphatic rings. The first-order valence-electron chi connectivity index (χ1n) is 16.6. The van der Waals surface area contributed by atoms with Crippen molar-refractivity contribution in [3.8, 4) is 11.1 Å². The summed E-state index contributed by atoms with van der Waals surface area (Å²) in [5.74, 6) is 0.542. The minimum Gasteiger partial charge on any atom is -1.00 e. The predicted molar refractivity (Wildman–Crippen MR) is 187 cm³/mol. The zero-order valence-electron chi connectivity index (χ0n) is 29.8. The van der Waals surface area contributed by atoms with Crippen LogP contribution in [0, 0.1) is 18.3 Å². The van der Waals surface area contributed by atoms with Gasteiger partial charge in [-0.05, 0) is 0 Å². The smallest absolute Gasteiger partial charge is 1.00 e. The second-order valence-corrected chi connectivity index (χ2v) is 21.4. The van der Waals surface area contributed by atoms with Crippen molar-refractivity contribution in [3.63, 3.8) is 0 Å². The summed E-state index contributed by atoms with van der Waals surface area (Å²) in [5, 5.41) is 0. The maximum atomic E-state index is 2.81. The van der Waals surface area contributed by atoms with E-state index in [0.717, 1.165) is 12.8 Å². The van der Waals surface area contributed by atoms with Gasteiger partial charge in [0.15, 0.2) is 0 Å². The Morgan fingerprint density at radius 2 is 1.38 bits per heavy atom.